The van der Waals surface area contributed by atoms with E-state index < -0.39 is 6.10 Å². The standard InChI is InChI=1S/C18H19NO3/c1-13-17(22-16-11-7-6-10-15(16)21-13)18(20)19(2)12-14-8-4-3-5-9-14/h3-11,13,17H,12H2,1-2H3. The van der Waals surface area contributed by atoms with Crippen LogP contribution in [0.4, 0.5) is 0 Å². The molecular weight excluding hydrogens is 278 g/mol. The monoisotopic (exact) mass is 297 g/mol. The van der Waals surface area contributed by atoms with Gasteiger partial charge >= 0.3 is 0 Å². The number of rotatable bonds is 3. The second-order valence-corrected chi connectivity index (χ2v) is 5.49. The molecule has 0 N–H and O–H groups in total. The first-order chi connectivity index (χ1) is 10.6. The number of carbonyl (C=O) groups is 1. The smallest absolute Gasteiger partial charge is 0.267 e. The van der Waals surface area contributed by atoms with Crippen LogP contribution in [0.25, 0.3) is 0 Å². The Morgan fingerprint density at radius 2 is 1.59 bits per heavy atom. The van der Waals surface area contributed by atoms with Crippen molar-refractivity contribution in [2.24, 2.45) is 0 Å². The highest BCUT2D eigenvalue weighted by Gasteiger charge is 2.35. The topological polar surface area (TPSA) is 38.8 Å². The summed E-state index contributed by atoms with van der Waals surface area (Å²) < 4.78 is 11.6. The molecule has 1 heterocycles. The summed E-state index contributed by atoms with van der Waals surface area (Å²) >= 11 is 0. The molecule has 4 heteroatoms. The molecule has 1 amide bonds. The molecular formula is C18H19NO3. The molecule has 0 saturated heterocycles. The van der Waals surface area contributed by atoms with E-state index in [0.717, 1.165) is 5.56 Å². The molecule has 0 radical (unpaired) electrons. The van der Waals surface area contributed by atoms with E-state index in [4.69, 9.17) is 9.47 Å². The third-order valence-electron chi connectivity index (χ3n) is 3.72. The fraction of sp³-hybridized carbons (Fsp3) is 0.278. The van der Waals surface area contributed by atoms with E-state index in [0.29, 0.717) is 18.0 Å². The SMILES string of the molecule is CC1Oc2ccccc2OC1C(=O)N(C)Cc1ccccc1. The van der Waals surface area contributed by atoms with E-state index >= 15 is 0 Å². The lowest BCUT2D eigenvalue weighted by Crippen LogP contribution is -2.49. The van der Waals surface area contributed by atoms with Crippen molar-refractivity contribution in [2.75, 3.05) is 7.05 Å². The molecule has 0 spiro atoms. The van der Waals surface area contributed by atoms with Crippen LogP contribution in [0.3, 0.4) is 0 Å². The molecule has 0 aromatic heterocycles. The zero-order chi connectivity index (χ0) is 15.5. The van der Waals surface area contributed by atoms with Crippen molar-refractivity contribution in [3.63, 3.8) is 0 Å². The lowest BCUT2D eigenvalue weighted by molar-refractivity contribution is -0.143. The largest absolute Gasteiger partial charge is 0.482 e. The summed E-state index contributed by atoms with van der Waals surface area (Å²) in [5.74, 6) is 1.22. The van der Waals surface area contributed by atoms with Crippen LogP contribution < -0.4 is 9.47 Å². The van der Waals surface area contributed by atoms with Gasteiger partial charge in [-0.15, -0.1) is 0 Å². The van der Waals surface area contributed by atoms with Gasteiger partial charge in [-0.3, -0.25) is 4.79 Å². The maximum atomic E-state index is 12.6. The number of nitrogens with zero attached hydrogens (tertiary/aromatic N) is 1. The molecule has 114 valence electrons. The van der Waals surface area contributed by atoms with E-state index in [1.807, 2.05) is 61.5 Å². The van der Waals surface area contributed by atoms with Crippen LogP contribution >= 0.6 is 0 Å². The summed E-state index contributed by atoms with van der Waals surface area (Å²) in [6, 6.07) is 17.3. The predicted molar refractivity (Wildman–Crippen MR) is 83.9 cm³/mol. The highest BCUT2D eigenvalue weighted by atomic mass is 16.6. The van der Waals surface area contributed by atoms with Gasteiger partial charge in [-0.1, -0.05) is 42.5 Å². The molecule has 4 nitrogen and oxygen atoms in total. The van der Waals surface area contributed by atoms with Crippen LogP contribution in [-0.4, -0.2) is 30.1 Å². The summed E-state index contributed by atoms with van der Waals surface area (Å²) in [5.41, 5.74) is 1.09. The molecule has 1 aliphatic rings. The van der Waals surface area contributed by atoms with Crippen molar-refractivity contribution >= 4 is 5.91 Å². The highest BCUT2D eigenvalue weighted by molar-refractivity contribution is 5.82. The Balaban J connectivity index is 1.72. The first kappa shape index (κ1) is 14.4. The van der Waals surface area contributed by atoms with Gasteiger partial charge in [0, 0.05) is 13.6 Å². The van der Waals surface area contributed by atoms with Gasteiger partial charge in [-0.25, -0.2) is 0 Å². The fourth-order valence-electron chi connectivity index (χ4n) is 2.54. The number of benzene rings is 2. The summed E-state index contributed by atoms with van der Waals surface area (Å²) in [6.07, 6.45) is -0.941. The summed E-state index contributed by atoms with van der Waals surface area (Å²) in [5, 5.41) is 0. The normalized spacial score (nSPS) is 19.5. The lowest BCUT2D eigenvalue weighted by Gasteiger charge is -2.33. The molecule has 22 heavy (non-hydrogen) atoms. The third kappa shape index (κ3) is 2.91. The van der Waals surface area contributed by atoms with Gasteiger partial charge < -0.3 is 14.4 Å². The number of hydrogen-bond acceptors (Lipinski definition) is 3. The van der Waals surface area contributed by atoms with Crippen molar-refractivity contribution in [3.8, 4) is 11.5 Å². The Labute approximate surface area is 130 Å². The number of carbonyl (C=O) groups excluding carboxylic acids is 1. The molecule has 0 saturated carbocycles. The van der Waals surface area contributed by atoms with Crippen LogP contribution in [-0.2, 0) is 11.3 Å². The molecule has 0 fully saturated rings. The second kappa shape index (κ2) is 6.10. The van der Waals surface area contributed by atoms with Crippen LogP contribution in [0, 0.1) is 0 Å². The van der Waals surface area contributed by atoms with Crippen molar-refractivity contribution in [3.05, 3.63) is 60.2 Å². The third-order valence-corrected chi connectivity index (χ3v) is 3.72. The number of hydrogen-bond donors (Lipinski definition) is 0. The molecule has 2 unspecified atom stereocenters. The Bertz CT molecular complexity index is 656. The lowest BCUT2D eigenvalue weighted by atomic mass is 10.1. The average molecular weight is 297 g/mol. The molecule has 1 aliphatic heterocycles. The molecule has 2 aromatic carbocycles. The highest BCUT2D eigenvalue weighted by Crippen LogP contribution is 2.33. The van der Waals surface area contributed by atoms with Crippen LogP contribution in [0.2, 0.25) is 0 Å². The molecule has 2 atom stereocenters. The van der Waals surface area contributed by atoms with Crippen molar-refractivity contribution in [2.45, 2.75) is 25.7 Å². The van der Waals surface area contributed by atoms with Crippen molar-refractivity contribution < 1.29 is 14.3 Å². The maximum Gasteiger partial charge on any atom is 0.267 e. The van der Waals surface area contributed by atoms with Gasteiger partial charge in [0.05, 0.1) is 0 Å². The Hall–Kier alpha value is -2.49. The van der Waals surface area contributed by atoms with E-state index in [2.05, 4.69) is 0 Å². The Morgan fingerprint density at radius 3 is 2.27 bits per heavy atom. The molecule has 0 bridgehead atoms. The van der Waals surface area contributed by atoms with Crippen molar-refractivity contribution in [1.29, 1.82) is 0 Å². The Kier molecular flexibility index (Phi) is 4.00. The Morgan fingerprint density at radius 1 is 1.00 bits per heavy atom. The fourth-order valence-corrected chi connectivity index (χ4v) is 2.54. The molecule has 2 aromatic rings. The van der Waals surface area contributed by atoms with E-state index in [1.54, 1.807) is 11.9 Å². The van der Waals surface area contributed by atoms with E-state index in [-0.39, 0.29) is 12.0 Å². The zero-order valence-electron chi connectivity index (χ0n) is 12.7. The second-order valence-electron chi connectivity index (χ2n) is 5.49. The van der Waals surface area contributed by atoms with E-state index in [1.165, 1.54) is 0 Å². The van der Waals surface area contributed by atoms with Gasteiger partial charge in [0.1, 0.15) is 6.10 Å². The number of amides is 1. The maximum absolute atomic E-state index is 12.6. The van der Waals surface area contributed by atoms with Gasteiger partial charge in [0.15, 0.2) is 11.5 Å². The summed E-state index contributed by atoms with van der Waals surface area (Å²) in [6.45, 7) is 2.41. The summed E-state index contributed by atoms with van der Waals surface area (Å²) in [4.78, 5) is 14.3. The van der Waals surface area contributed by atoms with Crippen molar-refractivity contribution in [1.82, 2.24) is 4.90 Å². The minimum Gasteiger partial charge on any atom is -0.482 e. The molecule has 3 rings (SSSR count). The first-order valence-corrected chi connectivity index (χ1v) is 7.36. The van der Waals surface area contributed by atoms with Crippen LogP contribution in [0.5, 0.6) is 11.5 Å². The van der Waals surface area contributed by atoms with Gasteiger partial charge in [0.2, 0.25) is 6.10 Å². The zero-order valence-corrected chi connectivity index (χ0v) is 12.7. The number of para-hydroxylation sites is 2. The van der Waals surface area contributed by atoms with Gasteiger partial charge in [-0.05, 0) is 24.6 Å². The molecule has 0 aliphatic carbocycles. The number of fused-ring (bicyclic) bond motifs is 1. The minimum absolute atomic E-state index is 0.0779. The summed E-state index contributed by atoms with van der Waals surface area (Å²) in [7, 11) is 1.78. The predicted octanol–water partition coefficient (Wildman–Crippen LogP) is 2.87. The number of likely N-dealkylation sites (N-methyl/N-ethyl adjacent to an activating group) is 1. The van der Waals surface area contributed by atoms with Crippen LogP contribution in [0.15, 0.2) is 54.6 Å². The minimum atomic E-state index is -0.622. The van der Waals surface area contributed by atoms with Gasteiger partial charge in [0.25, 0.3) is 5.91 Å². The number of ether oxygens (including phenoxy) is 2. The van der Waals surface area contributed by atoms with Gasteiger partial charge in [-0.2, -0.15) is 0 Å². The van der Waals surface area contributed by atoms with Crippen LogP contribution in [0.1, 0.15) is 12.5 Å². The quantitative estimate of drug-likeness (QED) is 0.874. The average Bonchev–Trinajstić information content (AvgIpc) is 2.54. The first-order valence-electron chi connectivity index (χ1n) is 7.36. The van der Waals surface area contributed by atoms with E-state index in [9.17, 15) is 4.79 Å².